The smallest absolute Gasteiger partial charge is 0.335 e. The Hall–Kier alpha value is -6.24. The van der Waals surface area contributed by atoms with Gasteiger partial charge in [0.2, 0.25) is 0 Å². The van der Waals surface area contributed by atoms with Crippen LogP contribution in [0.2, 0.25) is 10.0 Å². The Balaban J connectivity index is 0.000000184. The summed E-state index contributed by atoms with van der Waals surface area (Å²) in [6, 6.07) is 29.8. The molecule has 0 aliphatic heterocycles. The van der Waals surface area contributed by atoms with Crippen LogP contribution >= 0.6 is 45.9 Å². The van der Waals surface area contributed by atoms with E-state index in [0.29, 0.717) is 27.0 Å². The van der Waals surface area contributed by atoms with Gasteiger partial charge >= 0.3 is 5.97 Å². The fraction of sp³-hybridized carbons (Fsp3) is 0.160. The van der Waals surface area contributed by atoms with Gasteiger partial charge in [-0.2, -0.15) is 0 Å². The number of pyridine rings is 4. The highest BCUT2D eigenvalue weighted by Crippen LogP contribution is 2.39. The normalized spacial score (nSPS) is 11.1. The summed E-state index contributed by atoms with van der Waals surface area (Å²) in [5.41, 5.74) is 15.4. The largest absolute Gasteiger partial charge is 0.478 e. The van der Waals surface area contributed by atoms with Crippen LogP contribution in [0, 0.1) is 0 Å². The van der Waals surface area contributed by atoms with Gasteiger partial charge in [0, 0.05) is 89.7 Å². The summed E-state index contributed by atoms with van der Waals surface area (Å²) in [5, 5.41) is 17.0. The van der Waals surface area contributed by atoms with Crippen LogP contribution in [0.15, 0.2) is 145 Å². The van der Waals surface area contributed by atoms with Crippen LogP contribution in [-0.4, -0.2) is 36.9 Å². The molecule has 1 amide bonds. The summed E-state index contributed by atoms with van der Waals surface area (Å²) in [4.78, 5) is 42.6. The molecule has 0 saturated heterocycles. The number of aromatic nitrogens is 4. The predicted molar refractivity (Wildman–Crippen MR) is 261 cm³/mol. The number of carboxylic acids is 1. The molecular formula is C50H46Cl2N6O3S2. The minimum absolute atomic E-state index is 0.00787. The lowest BCUT2D eigenvalue weighted by molar-refractivity contribution is 0.0696. The Morgan fingerprint density at radius 3 is 1.51 bits per heavy atom. The lowest BCUT2D eigenvalue weighted by Gasteiger charge is -2.17. The molecule has 0 spiro atoms. The van der Waals surface area contributed by atoms with Crippen LogP contribution in [0.3, 0.4) is 0 Å². The molecule has 0 aliphatic rings. The highest BCUT2D eigenvalue weighted by Gasteiger charge is 2.19. The van der Waals surface area contributed by atoms with Gasteiger partial charge in [0.15, 0.2) is 0 Å². The third-order valence-electron chi connectivity index (χ3n) is 9.50. The van der Waals surface area contributed by atoms with Gasteiger partial charge in [-0.25, -0.2) is 4.79 Å². The van der Waals surface area contributed by atoms with E-state index in [4.69, 9.17) is 34.0 Å². The Labute approximate surface area is 385 Å². The molecule has 0 bridgehead atoms. The average Bonchev–Trinajstić information content (AvgIpc) is 3.96. The minimum atomic E-state index is -0.981. The van der Waals surface area contributed by atoms with Crippen molar-refractivity contribution < 1.29 is 14.7 Å². The molecule has 0 aliphatic carbocycles. The maximum absolute atomic E-state index is 12.5. The molecule has 4 N–H and O–H groups in total. The zero-order valence-corrected chi connectivity index (χ0v) is 38.7. The molecular weight excluding hydrogens is 868 g/mol. The van der Waals surface area contributed by atoms with Crippen molar-refractivity contribution in [3.8, 4) is 43.1 Å². The molecule has 320 valence electrons. The first-order chi connectivity index (χ1) is 30.0. The van der Waals surface area contributed by atoms with E-state index in [1.54, 1.807) is 96.0 Å². The number of carbonyl (C=O) groups excluding carboxylic acids is 1. The summed E-state index contributed by atoms with van der Waals surface area (Å²) in [6.45, 7) is 12.9. The van der Waals surface area contributed by atoms with Gasteiger partial charge in [0.1, 0.15) is 0 Å². The highest BCUT2D eigenvalue weighted by molar-refractivity contribution is 7.14. The van der Waals surface area contributed by atoms with E-state index in [1.165, 1.54) is 6.07 Å². The van der Waals surface area contributed by atoms with E-state index >= 15 is 0 Å². The first kappa shape index (κ1) is 46.3. The molecule has 13 heteroatoms. The number of rotatable bonds is 7. The highest BCUT2D eigenvalue weighted by atomic mass is 35.5. The predicted octanol–water partition coefficient (Wildman–Crippen LogP) is 13.9. The van der Waals surface area contributed by atoms with Crippen LogP contribution in [-0.2, 0) is 10.8 Å². The number of nitrogens with one attached hydrogen (secondary N) is 1. The topological polar surface area (TPSA) is 144 Å². The van der Waals surface area contributed by atoms with E-state index in [-0.39, 0.29) is 22.3 Å². The number of nitrogens with zero attached hydrogens (tertiary/aromatic N) is 4. The summed E-state index contributed by atoms with van der Waals surface area (Å²) >= 11 is 16.1. The van der Waals surface area contributed by atoms with Crippen molar-refractivity contribution in [3.63, 3.8) is 0 Å². The van der Waals surface area contributed by atoms with E-state index < -0.39 is 5.97 Å². The van der Waals surface area contributed by atoms with Crippen molar-refractivity contribution in [1.82, 2.24) is 19.9 Å². The molecule has 0 unspecified atom stereocenters. The first-order valence-corrected chi connectivity index (χ1v) is 22.3. The Morgan fingerprint density at radius 2 is 1.10 bits per heavy atom. The fourth-order valence-electron chi connectivity index (χ4n) is 6.03. The number of thiophene rings is 2. The van der Waals surface area contributed by atoms with Crippen LogP contribution in [0.1, 0.15) is 73.6 Å². The molecule has 9 nitrogen and oxygen atoms in total. The standard InChI is InChI=1S/C25H22ClN3OS.C20H18ClNO2S.C5H6N2/c1-25(2,3)23-13-16(8-10-28-23)22-12-18(15-31-22)20-7-6-17(11-21(20)26)24(30)29-19-5-4-9-27-14-19;1-20(2,3)18-10-12(6-7-22-18)17-9-14(11-25-17)15-5-4-13(19(23)24)8-16(15)21;6-5-2-1-3-7-4-5/h4-15H,1-3H3,(H,29,30);4-11H,1-3H3,(H,23,24);1-4H,6H2. The van der Waals surface area contributed by atoms with Crippen LogP contribution in [0.25, 0.3) is 43.1 Å². The van der Waals surface area contributed by atoms with E-state index in [2.05, 4.69) is 96.4 Å². The summed E-state index contributed by atoms with van der Waals surface area (Å²) in [6.07, 6.45) is 10.3. The van der Waals surface area contributed by atoms with Gasteiger partial charge in [-0.15, -0.1) is 22.7 Å². The molecule has 63 heavy (non-hydrogen) atoms. The number of carbonyl (C=O) groups is 2. The minimum Gasteiger partial charge on any atom is -0.478 e. The maximum Gasteiger partial charge on any atom is 0.335 e. The zero-order chi connectivity index (χ0) is 45.3. The second-order valence-corrected chi connectivity index (χ2v) is 19.1. The number of benzene rings is 2. The van der Waals surface area contributed by atoms with Crippen molar-refractivity contribution in [3.05, 3.63) is 178 Å². The van der Waals surface area contributed by atoms with Crippen molar-refractivity contribution in [2.45, 2.75) is 52.4 Å². The van der Waals surface area contributed by atoms with Gasteiger partial charge < -0.3 is 16.2 Å². The Bertz CT molecular complexity index is 2830. The van der Waals surface area contributed by atoms with Crippen molar-refractivity contribution in [2.24, 2.45) is 0 Å². The Morgan fingerprint density at radius 1 is 0.603 bits per heavy atom. The van der Waals surface area contributed by atoms with Gasteiger partial charge in [-0.1, -0.05) is 76.9 Å². The number of aromatic carboxylic acids is 1. The third kappa shape index (κ3) is 12.5. The lowest BCUT2D eigenvalue weighted by Crippen LogP contribution is -2.13. The number of amides is 1. The monoisotopic (exact) mass is 912 g/mol. The van der Waals surface area contributed by atoms with E-state index in [1.807, 2.05) is 36.0 Å². The van der Waals surface area contributed by atoms with Gasteiger partial charge in [0.25, 0.3) is 5.91 Å². The molecule has 8 aromatic rings. The molecule has 0 radical (unpaired) electrons. The second-order valence-electron chi connectivity index (χ2n) is 16.4. The van der Waals surface area contributed by atoms with Gasteiger partial charge in [0.05, 0.1) is 23.1 Å². The van der Waals surface area contributed by atoms with E-state index in [0.717, 1.165) is 54.5 Å². The molecule has 0 atom stereocenters. The fourth-order valence-corrected chi connectivity index (χ4v) is 8.43. The number of hydrogen-bond donors (Lipinski definition) is 3. The molecule has 0 saturated carbocycles. The summed E-state index contributed by atoms with van der Waals surface area (Å²) in [7, 11) is 0. The number of nitrogens with two attached hydrogens (primary N) is 1. The van der Waals surface area contributed by atoms with E-state index in [9.17, 15) is 9.59 Å². The quantitative estimate of drug-likeness (QED) is 0.143. The number of hydrogen-bond acceptors (Lipinski definition) is 9. The number of halogens is 2. The average molecular weight is 914 g/mol. The van der Waals surface area contributed by atoms with Crippen molar-refractivity contribution in [1.29, 1.82) is 0 Å². The maximum atomic E-state index is 12.5. The van der Waals surface area contributed by atoms with Crippen molar-refractivity contribution in [2.75, 3.05) is 11.1 Å². The summed E-state index contributed by atoms with van der Waals surface area (Å²) < 4.78 is 0. The second kappa shape index (κ2) is 20.3. The molecule has 6 heterocycles. The molecule has 6 aromatic heterocycles. The van der Waals surface area contributed by atoms with Crippen molar-refractivity contribution >= 4 is 69.1 Å². The van der Waals surface area contributed by atoms with Crippen LogP contribution in [0.5, 0.6) is 0 Å². The van der Waals surface area contributed by atoms with Gasteiger partial charge in [-0.3, -0.25) is 24.7 Å². The molecule has 0 fully saturated rings. The first-order valence-electron chi connectivity index (χ1n) is 19.8. The van der Waals surface area contributed by atoms with Gasteiger partial charge in [-0.05, 0) is 118 Å². The SMILES string of the molecule is CC(C)(C)c1cc(-c2cc(-c3ccc(C(=O)Nc4cccnc4)cc3Cl)cs2)ccn1.CC(C)(C)c1cc(-c2cc(-c3ccc(C(=O)O)cc3Cl)cs2)ccn1.Nc1cccnc1. The Kier molecular flexibility index (Phi) is 14.9. The van der Waals surface area contributed by atoms with Crippen LogP contribution < -0.4 is 11.1 Å². The number of anilines is 2. The number of nitrogen functional groups attached to an aromatic ring is 1. The number of carboxylic acid groups (broad SMARTS) is 1. The zero-order valence-electron chi connectivity index (χ0n) is 35.6. The van der Waals surface area contributed by atoms with Crippen LogP contribution in [0.4, 0.5) is 11.4 Å². The lowest BCUT2D eigenvalue weighted by atomic mass is 9.90. The molecule has 2 aromatic carbocycles. The summed E-state index contributed by atoms with van der Waals surface area (Å²) in [5.74, 6) is -1.20. The third-order valence-corrected chi connectivity index (χ3v) is 12.1. The molecule has 8 rings (SSSR count).